The molecular weight excluding hydrogens is 183 g/mol. The topological polar surface area (TPSA) is 29.5 Å². The molecule has 0 saturated heterocycles. The largest absolute Gasteiger partial charge is 0.393 e. The number of allylic oxidation sites excluding steroid dienone is 1. The SMILES string of the molecule is C=CCC(C)(F)COC1CCC(O)C1. The van der Waals surface area contributed by atoms with E-state index in [0.29, 0.717) is 12.8 Å². The van der Waals surface area contributed by atoms with Crippen molar-refractivity contribution in [2.24, 2.45) is 0 Å². The van der Waals surface area contributed by atoms with Gasteiger partial charge in [0.05, 0.1) is 18.8 Å². The van der Waals surface area contributed by atoms with Crippen molar-refractivity contribution < 1.29 is 14.2 Å². The standard InChI is InChI=1S/C11H19FO2/c1-3-6-11(2,12)8-14-10-5-4-9(13)7-10/h3,9-10,13H,1,4-8H2,2H3. The highest BCUT2D eigenvalue weighted by atomic mass is 19.1. The summed E-state index contributed by atoms with van der Waals surface area (Å²) < 4.78 is 19.0. The summed E-state index contributed by atoms with van der Waals surface area (Å²) in [5, 5.41) is 9.24. The number of aliphatic hydroxyl groups is 1. The lowest BCUT2D eigenvalue weighted by molar-refractivity contribution is -0.0200. The fourth-order valence-corrected chi connectivity index (χ4v) is 1.72. The molecule has 0 aromatic rings. The molecule has 0 radical (unpaired) electrons. The Hall–Kier alpha value is -0.410. The van der Waals surface area contributed by atoms with E-state index in [2.05, 4.69) is 6.58 Å². The minimum absolute atomic E-state index is 0.0323. The third-order valence-corrected chi connectivity index (χ3v) is 2.55. The number of halogens is 1. The van der Waals surface area contributed by atoms with Gasteiger partial charge in [0, 0.05) is 6.42 Å². The summed E-state index contributed by atoms with van der Waals surface area (Å²) in [7, 11) is 0. The van der Waals surface area contributed by atoms with Crippen molar-refractivity contribution in [2.75, 3.05) is 6.61 Å². The lowest BCUT2D eigenvalue weighted by Crippen LogP contribution is -2.27. The van der Waals surface area contributed by atoms with Crippen molar-refractivity contribution >= 4 is 0 Å². The van der Waals surface area contributed by atoms with Gasteiger partial charge in [-0.2, -0.15) is 0 Å². The summed E-state index contributed by atoms with van der Waals surface area (Å²) in [6.45, 7) is 5.11. The molecule has 1 aliphatic carbocycles. The summed E-state index contributed by atoms with van der Waals surface area (Å²) in [5.41, 5.74) is -1.32. The Morgan fingerprint density at radius 3 is 2.86 bits per heavy atom. The van der Waals surface area contributed by atoms with Gasteiger partial charge in [0.25, 0.3) is 0 Å². The minimum atomic E-state index is -1.32. The molecule has 1 rings (SSSR count). The molecule has 0 bridgehead atoms. The van der Waals surface area contributed by atoms with Gasteiger partial charge in [-0.3, -0.25) is 0 Å². The maximum Gasteiger partial charge on any atom is 0.134 e. The first-order chi connectivity index (χ1) is 6.53. The zero-order chi connectivity index (χ0) is 10.6. The molecule has 2 nitrogen and oxygen atoms in total. The van der Waals surface area contributed by atoms with Gasteiger partial charge in [0.2, 0.25) is 0 Å². The van der Waals surface area contributed by atoms with Gasteiger partial charge >= 0.3 is 0 Å². The van der Waals surface area contributed by atoms with Crippen LogP contribution in [-0.4, -0.2) is 29.6 Å². The van der Waals surface area contributed by atoms with Crippen LogP contribution in [0, 0.1) is 0 Å². The Balaban J connectivity index is 2.22. The van der Waals surface area contributed by atoms with Crippen LogP contribution in [0.2, 0.25) is 0 Å². The van der Waals surface area contributed by atoms with Crippen LogP contribution in [0.25, 0.3) is 0 Å². The predicted molar refractivity (Wildman–Crippen MR) is 53.9 cm³/mol. The molecule has 0 aromatic heterocycles. The fourth-order valence-electron chi connectivity index (χ4n) is 1.72. The number of ether oxygens (including phenoxy) is 1. The second-order valence-corrected chi connectivity index (χ2v) is 4.31. The Kier molecular flexibility index (Phi) is 4.08. The quantitative estimate of drug-likeness (QED) is 0.693. The molecule has 0 amide bonds. The zero-order valence-electron chi connectivity index (χ0n) is 8.71. The highest BCUT2D eigenvalue weighted by Gasteiger charge is 2.28. The van der Waals surface area contributed by atoms with Crippen LogP contribution in [0.4, 0.5) is 4.39 Å². The Morgan fingerprint density at radius 2 is 2.36 bits per heavy atom. The highest BCUT2D eigenvalue weighted by Crippen LogP contribution is 2.24. The summed E-state index contributed by atoms with van der Waals surface area (Å²) in [5.74, 6) is 0. The van der Waals surface area contributed by atoms with Gasteiger partial charge < -0.3 is 9.84 Å². The lowest BCUT2D eigenvalue weighted by atomic mass is 10.1. The molecule has 1 saturated carbocycles. The van der Waals surface area contributed by atoms with E-state index in [0.717, 1.165) is 12.8 Å². The van der Waals surface area contributed by atoms with E-state index in [-0.39, 0.29) is 18.8 Å². The lowest BCUT2D eigenvalue weighted by Gasteiger charge is -2.21. The summed E-state index contributed by atoms with van der Waals surface area (Å²) in [4.78, 5) is 0. The van der Waals surface area contributed by atoms with Crippen LogP contribution < -0.4 is 0 Å². The first-order valence-corrected chi connectivity index (χ1v) is 5.13. The van der Waals surface area contributed by atoms with Crippen LogP contribution in [0.1, 0.15) is 32.6 Å². The van der Waals surface area contributed by atoms with E-state index < -0.39 is 5.67 Å². The van der Waals surface area contributed by atoms with Gasteiger partial charge in [-0.25, -0.2) is 4.39 Å². The first kappa shape index (κ1) is 11.7. The van der Waals surface area contributed by atoms with Gasteiger partial charge in [0.15, 0.2) is 0 Å². The number of hydrogen-bond donors (Lipinski definition) is 1. The molecule has 14 heavy (non-hydrogen) atoms. The molecule has 1 aliphatic rings. The second-order valence-electron chi connectivity index (χ2n) is 4.31. The van der Waals surface area contributed by atoms with Crippen molar-refractivity contribution in [1.82, 2.24) is 0 Å². The molecular formula is C11H19FO2. The Bertz CT molecular complexity index is 192. The molecule has 0 aliphatic heterocycles. The highest BCUT2D eigenvalue weighted by molar-refractivity contribution is 4.84. The molecule has 1 N–H and O–H groups in total. The molecule has 0 heterocycles. The third kappa shape index (κ3) is 3.76. The van der Waals surface area contributed by atoms with E-state index in [4.69, 9.17) is 4.74 Å². The van der Waals surface area contributed by atoms with E-state index in [1.54, 1.807) is 6.08 Å². The van der Waals surface area contributed by atoms with Gasteiger partial charge in [-0.15, -0.1) is 6.58 Å². The average molecular weight is 202 g/mol. The summed E-state index contributed by atoms with van der Waals surface area (Å²) >= 11 is 0. The number of hydrogen-bond acceptors (Lipinski definition) is 2. The minimum Gasteiger partial charge on any atom is -0.393 e. The van der Waals surface area contributed by atoms with Crippen LogP contribution in [0.15, 0.2) is 12.7 Å². The summed E-state index contributed by atoms with van der Waals surface area (Å²) in [6.07, 6.45) is 3.90. The van der Waals surface area contributed by atoms with Gasteiger partial charge in [-0.05, 0) is 26.2 Å². The Labute approximate surface area is 84.8 Å². The number of aliphatic hydroxyl groups excluding tert-OH is 1. The summed E-state index contributed by atoms with van der Waals surface area (Å²) in [6, 6.07) is 0. The maximum absolute atomic E-state index is 13.6. The van der Waals surface area contributed by atoms with Gasteiger partial charge in [0.1, 0.15) is 5.67 Å². The third-order valence-electron chi connectivity index (χ3n) is 2.55. The van der Waals surface area contributed by atoms with Crippen molar-refractivity contribution in [2.45, 2.75) is 50.5 Å². The molecule has 0 spiro atoms. The van der Waals surface area contributed by atoms with Gasteiger partial charge in [-0.1, -0.05) is 6.08 Å². The average Bonchev–Trinajstić information content (AvgIpc) is 2.48. The zero-order valence-corrected chi connectivity index (χ0v) is 8.71. The van der Waals surface area contributed by atoms with Crippen LogP contribution >= 0.6 is 0 Å². The molecule has 3 atom stereocenters. The molecule has 3 unspecified atom stereocenters. The van der Waals surface area contributed by atoms with Crippen molar-refractivity contribution in [3.8, 4) is 0 Å². The molecule has 1 fully saturated rings. The van der Waals surface area contributed by atoms with E-state index >= 15 is 0 Å². The maximum atomic E-state index is 13.6. The van der Waals surface area contributed by atoms with Crippen molar-refractivity contribution in [1.29, 1.82) is 0 Å². The smallest absolute Gasteiger partial charge is 0.134 e. The van der Waals surface area contributed by atoms with E-state index in [9.17, 15) is 9.50 Å². The normalized spacial score (nSPS) is 31.4. The van der Waals surface area contributed by atoms with Crippen molar-refractivity contribution in [3.63, 3.8) is 0 Å². The van der Waals surface area contributed by atoms with E-state index in [1.165, 1.54) is 6.92 Å². The fraction of sp³-hybridized carbons (Fsp3) is 0.818. The second kappa shape index (κ2) is 4.89. The first-order valence-electron chi connectivity index (χ1n) is 5.13. The number of rotatable bonds is 5. The Morgan fingerprint density at radius 1 is 1.64 bits per heavy atom. The predicted octanol–water partition coefficient (Wildman–Crippen LogP) is 2.22. The molecule has 3 heteroatoms. The van der Waals surface area contributed by atoms with Crippen LogP contribution in [0.5, 0.6) is 0 Å². The molecule has 82 valence electrons. The number of alkyl halides is 1. The van der Waals surface area contributed by atoms with E-state index in [1.807, 2.05) is 0 Å². The van der Waals surface area contributed by atoms with Crippen molar-refractivity contribution in [3.05, 3.63) is 12.7 Å². The van der Waals surface area contributed by atoms with Crippen LogP contribution in [-0.2, 0) is 4.74 Å². The molecule has 0 aromatic carbocycles. The van der Waals surface area contributed by atoms with Crippen LogP contribution in [0.3, 0.4) is 0 Å². The monoisotopic (exact) mass is 202 g/mol.